The second kappa shape index (κ2) is 9.25. The number of carbonyl (C=O) groups is 3. The minimum Gasteiger partial charge on any atom is -0.497 e. The van der Waals surface area contributed by atoms with Crippen LogP contribution < -0.4 is 9.47 Å². The summed E-state index contributed by atoms with van der Waals surface area (Å²) in [6.45, 7) is 0.311. The molecule has 2 aliphatic rings. The first-order chi connectivity index (χ1) is 17.0. The Labute approximate surface area is 203 Å². The van der Waals surface area contributed by atoms with E-state index >= 15 is 0 Å². The van der Waals surface area contributed by atoms with Gasteiger partial charge >= 0.3 is 0 Å². The Hall–Kier alpha value is -4.13. The number of nitrogens with zero attached hydrogens (tertiary/aromatic N) is 2. The van der Waals surface area contributed by atoms with E-state index in [-0.39, 0.29) is 11.9 Å². The fourth-order valence-corrected chi connectivity index (χ4v) is 4.96. The number of rotatable bonds is 8. The number of likely N-dealkylation sites (tertiary alicyclic amines) is 1. The van der Waals surface area contributed by atoms with Gasteiger partial charge in [0.1, 0.15) is 17.5 Å². The van der Waals surface area contributed by atoms with Crippen molar-refractivity contribution in [3.05, 3.63) is 95.1 Å². The summed E-state index contributed by atoms with van der Waals surface area (Å²) in [5.41, 5.74) is 2.66. The fourth-order valence-electron chi connectivity index (χ4n) is 4.96. The predicted molar refractivity (Wildman–Crippen MR) is 129 cm³/mol. The summed E-state index contributed by atoms with van der Waals surface area (Å²) in [4.78, 5) is 42.6. The van der Waals surface area contributed by atoms with E-state index in [4.69, 9.17) is 9.47 Å². The van der Waals surface area contributed by atoms with Crippen molar-refractivity contribution in [3.63, 3.8) is 0 Å². The number of benzene rings is 3. The molecule has 5 rings (SSSR count). The van der Waals surface area contributed by atoms with Crippen LogP contribution >= 0.6 is 0 Å². The number of fused-ring (bicyclic) bond motifs is 1. The molecule has 3 amide bonds. The van der Waals surface area contributed by atoms with E-state index < -0.39 is 17.9 Å². The number of imide groups is 1. The number of aryl methyl sites for hydroxylation is 1. The van der Waals surface area contributed by atoms with Crippen LogP contribution in [-0.2, 0) is 17.8 Å². The number of hydrogen-bond acceptors (Lipinski definition) is 5. The van der Waals surface area contributed by atoms with Gasteiger partial charge in [0.25, 0.3) is 11.8 Å². The van der Waals surface area contributed by atoms with Crippen molar-refractivity contribution in [2.24, 2.45) is 0 Å². The van der Waals surface area contributed by atoms with Crippen LogP contribution in [0, 0.1) is 0 Å². The maximum absolute atomic E-state index is 13.5. The molecule has 0 bridgehead atoms. The fraction of sp³-hybridized carbons (Fsp3) is 0.250. The zero-order valence-corrected chi connectivity index (χ0v) is 19.6. The van der Waals surface area contributed by atoms with E-state index in [0.717, 1.165) is 16.0 Å². The molecule has 7 nitrogen and oxygen atoms in total. The Morgan fingerprint density at radius 2 is 1.46 bits per heavy atom. The van der Waals surface area contributed by atoms with E-state index in [9.17, 15) is 14.4 Å². The molecule has 0 N–H and O–H groups in total. The molecule has 3 aromatic carbocycles. The lowest BCUT2D eigenvalue weighted by Crippen LogP contribution is -2.71. The van der Waals surface area contributed by atoms with Crippen LogP contribution in [0.25, 0.3) is 0 Å². The third kappa shape index (κ3) is 3.93. The molecule has 0 spiro atoms. The van der Waals surface area contributed by atoms with Gasteiger partial charge in [-0.05, 0) is 42.7 Å². The molecule has 2 heterocycles. The molecule has 3 aromatic rings. The minimum absolute atomic E-state index is 0.240. The summed E-state index contributed by atoms with van der Waals surface area (Å²) in [7, 11) is 3.16. The monoisotopic (exact) mass is 470 g/mol. The molecular formula is C28H26N2O5. The van der Waals surface area contributed by atoms with Crippen molar-refractivity contribution in [2.75, 3.05) is 14.2 Å². The number of methoxy groups -OCH3 is 2. The van der Waals surface area contributed by atoms with Crippen LogP contribution in [0.5, 0.6) is 11.5 Å². The van der Waals surface area contributed by atoms with Gasteiger partial charge in [0.05, 0.1) is 31.4 Å². The maximum atomic E-state index is 13.5. The van der Waals surface area contributed by atoms with Crippen LogP contribution in [0.3, 0.4) is 0 Å². The average Bonchev–Trinajstić information content (AvgIpc) is 3.15. The smallest absolute Gasteiger partial charge is 0.262 e. The minimum atomic E-state index is -0.824. The van der Waals surface area contributed by atoms with Gasteiger partial charge in [-0.25, -0.2) is 0 Å². The first-order valence-electron chi connectivity index (χ1n) is 11.6. The van der Waals surface area contributed by atoms with Gasteiger partial charge in [-0.1, -0.05) is 42.5 Å². The highest BCUT2D eigenvalue weighted by Gasteiger charge is 2.55. The summed E-state index contributed by atoms with van der Waals surface area (Å²) in [6, 6.07) is 21.0. The quantitative estimate of drug-likeness (QED) is 0.371. The molecule has 2 atom stereocenters. The van der Waals surface area contributed by atoms with Gasteiger partial charge in [0, 0.05) is 18.2 Å². The number of amides is 3. The Morgan fingerprint density at radius 1 is 0.800 bits per heavy atom. The van der Waals surface area contributed by atoms with Gasteiger partial charge in [-0.2, -0.15) is 0 Å². The Morgan fingerprint density at radius 3 is 2.09 bits per heavy atom. The van der Waals surface area contributed by atoms with Gasteiger partial charge in [-0.3, -0.25) is 19.3 Å². The van der Waals surface area contributed by atoms with Crippen molar-refractivity contribution in [2.45, 2.75) is 31.5 Å². The SMILES string of the molecule is COc1ccc(CN2C(=O)[C@H](N3C(=O)c4ccccc4C3=O)[C@@H]2CCc2ccccc2)c(OC)c1. The molecule has 1 saturated heterocycles. The Kier molecular flexibility index (Phi) is 5.99. The second-order valence-electron chi connectivity index (χ2n) is 8.71. The highest BCUT2D eigenvalue weighted by molar-refractivity contribution is 6.23. The van der Waals surface area contributed by atoms with Crippen molar-refractivity contribution >= 4 is 17.7 Å². The standard InChI is InChI=1S/C28H26N2O5/c1-34-20-14-13-19(24(16-20)35-2)17-29-23(15-12-18-8-4-3-5-9-18)25(28(29)33)30-26(31)21-10-6-7-11-22(21)27(30)32/h3-11,13-14,16,23,25H,12,15,17H2,1-2H3/t23-,25+/m0/s1. The first kappa shape index (κ1) is 22.7. The second-order valence-corrected chi connectivity index (χ2v) is 8.71. The molecule has 2 aliphatic heterocycles. The van der Waals surface area contributed by atoms with Crippen molar-refractivity contribution in [1.82, 2.24) is 9.80 Å². The summed E-state index contributed by atoms with van der Waals surface area (Å²) in [6.07, 6.45) is 1.33. The van der Waals surface area contributed by atoms with Crippen LogP contribution in [0.1, 0.15) is 38.3 Å². The third-order valence-electron chi connectivity index (χ3n) is 6.81. The lowest BCUT2D eigenvalue weighted by atomic mass is 9.87. The molecule has 35 heavy (non-hydrogen) atoms. The largest absolute Gasteiger partial charge is 0.497 e. The molecule has 7 heteroatoms. The van der Waals surface area contributed by atoms with E-state index in [2.05, 4.69) is 0 Å². The van der Waals surface area contributed by atoms with E-state index in [0.29, 0.717) is 42.0 Å². The number of β-lactam (4-membered cyclic amide) rings is 1. The van der Waals surface area contributed by atoms with Crippen LogP contribution in [-0.4, -0.2) is 53.8 Å². The third-order valence-corrected chi connectivity index (χ3v) is 6.81. The molecule has 0 unspecified atom stereocenters. The topological polar surface area (TPSA) is 76.2 Å². The number of carbonyl (C=O) groups excluding carboxylic acids is 3. The molecule has 1 fully saturated rings. The zero-order valence-electron chi connectivity index (χ0n) is 19.6. The van der Waals surface area contributed by atoms with E-state index in [1.54, 1.807) is 49.5 Å². The van der Waals surface area contributed by atoms with Crippen molar-refractivity contribution < 1.29 is 23.9 Å². The predicted octanol–water partition coefficient (Wildman–Crippen LogP) is 3.71. The van der Waals surface area contributed by atoms with Gasteiger partial charge in [-0.15, -0.1) is 0 Å². The highest BCUT2D eigenvalue weighted by Crippen LogP contribution is 2.37. The van der Waals surface area contributed by atoms with E-state index in [1.165, 1.54) is 0 Å². The van der Waals surface area contributed by atoms with E-state index in [1.807, 2.05) is 42.5 Å². The van der Waals surface area contributed by atoms with Crippen molar-refractivity contribution in [1.29, 1.82) is 0 Å². The molecule has 0 aromatic heterocycles. The van der Waals surface area contributed by atoms with Crippen LogP contribution in [0.4, 0.5) is 0 Å². The van der Waals surface area contributed by atoms with Crippen LogP contribution in [0.2, 0.25) is 0 Å². The first-order valence-corrected chi connectivity index (χ1v) is 11.6. The molecule has 178 valence electrons. The normalized spacial score (nSPS) is 19.0. The number of ether oxygens (including phenoxy) is 2. The average molecular weight is 471 g/mol. The summed E-state index contributed by atoms with van der Waals surface area (Å²) in [5, 5.41) is 0. The summed E-state index contributed by atoms with van der Waals surface area (Å²) < 4.78 is 10.8. The van der Waals surface area contributed by atoms with Crippen molar-refractivity contribution in [3.8, 4) is 11.5 Å². The molecular weight excluding hydrogens is 444 g/mol. The molecule has 0 radical (unpaired) electrons. The lowest BCUT2D eigenvalue weighted by molar-refractivity contribution is -0.157. The Balaban J connectivity index is 1.43. The Bertz CT molecular complexity index is 1250. The zero-order chi connectivity index (χ0) is 24.5. The maximum Gasteiger partial charge on any atom is 0.262 e. The molecule has 0 aliphatic carbocycles. The molecule has 0 saturated carbocycles. The van der Waals surface area contributed by atoms with Gasteiger partial charge in [0.2, 0.25) is 5.91 Å². The van der Waals surface area contributed by atoms with Crippen LogP contribution in [0.15, 0.2) is 72.8 Å². The number of hydrogen-bond donors (Lipinski definition) is 0. The van der Waals surface area contributed by atoms with Gasteiger partial charge in [0.15, 0.2) is 0 Å². The summed E-state index contributed by atoms with van der Waals surface area (Å²) in [5.74, 6) is 0.217. The lowest BCUT2D eigenvalue weighted by Gasteiger charge is -2.50. The summed E-state index contributed by atoms with van der Waals surface area (Å²) >= 11 is 0. The highest BCUT2D eigenvalue weighted by atomic mass is 16.5. The van der Waals surface area contributed by atoms with Gasteiger partial charge < -0.3 is 14.4 Å².